The Labute approximate surface area is 115 Å². The molecule has 6 heteroatoms. The second-order valence-electron chi connectivity index (χ2n) is 4.79. The summed E-state index contributed by atoms with van der Waals surface area (Å²) in [6, 6.07) is -0.222. The van der Waals surface area contributed by atoms with Gasteiger partial charge in [0, 0.05) is 26.7 Å². The van der Waals surface area contributed by atoms with Crippen molar-refractivity contribution < 1.29 is 14.7 Å². The minimum absolute atomic E-state index is 0.216. The molecule has 0 aromatic heterocycles. The summed E-state index contributed by atoms with van der Waals surface area (Å²) in [6.45, 7) is 9.42. The monoisotopic (exact) mass is 273 g/mol. The molecule has 6 nitrogen and oxygen atoms in total. The average molecular weight is 273 g/mol. The van der Waals surface area contributed by atoms with Crippen molar-refractivity contribution in [1.29, 1.82) is 0 Å². The molecule has 0 aliphatic carbocycles. The van der Waals surface area contributed by atoms with Crippen LogP contribution in [0.25, 0.3) is 0 Å². The molecule has 0 spiro atoms. The molecular weight excluding hydrogens is 246 g/mol. The summed E-state index contributed by atoms with van der Waals surface area (Å²) in [7, 11) is 1.61. The lowest BCUT2D eigenvalue weighted by Crippen LogP contribution is -2.43. The highest BCUT2D eigenvalue weighted by atomic mass is 16.4. The maximum atomic E-state index is 11.7. The van der Waals surface area contributed by atoms with Gasteiger partial charge in [-0.15, -0.1) is 0 Å². The van der Waals surface area contributed by atoms with Crippen LogP contribution in [0, 0.1) is 5.92 Å². The fourth-order valence-corrected chi connectivity index (χ4v) is 1.77. The van der Waals surface area contributed by atoms with Crippen LogP contribution in [0.3, 0.4) is 0 Å². The van der Waals surface area contributed by atoms with Gasteiger partial charge < -0.3 is 20.2 Å². The number of rotatable bonds is 9. The summed E-state index contributed by atoms with van der Waals surface area (Å²) in [4.78, 5) is 26.1. The minimum atomic E-state index is -0.889. The molecule has 0 saturated heterocycles. The summed E-state index contributed by atoms with van der Waals surface area (Å²) < 4.78 is 0. The fraction of sp³-hybridized carbons (Fsp3) is 0.846. The van der Waals surface area contributed by atoms with Gasteiger partial charge in [-0.1, -0.05) is 20.8 Å². The highest BCUT2D eigenvalue weighted by molar-refractivity contribution is 5.75. The van der Waals surface area contributed by atoms with Gasteiger partial charge >= 0.3 is 12.0 Å². The highest BCUT2D eigenvalue weighted by Gasteiger charge is 2.16. The normalized spacial score (nSPS) is 12.3. The molecular formula is C13H27N3O3. The third kappa shape index (κ3) is 7.66. The van der Waals surface area contributed by atoms with Crippen molar-refractivity contribution in [3.8, 4) is 0 Å². The third-order valence-electron chi connectivity index (χ3n) is 3.01. The summed E-state index contributed by atoms with van der Waals surface area (Å²) in [6.07, 6.45) is 1.10. The van der Waals surface area contributed by atoms with Gasteiger partial charge in [0.1, 0.15) is 0 Å². The molecule has 1 atom stereocenters. The molecule has 1 unspecified atom stereocenters. The lowest BCUT2D eigenvalue weighted by molar-refractivity contribution is -0.141. The van der Waals surface area contributed by atoms with Crippen molar-refractivity contribution in [2.45, 2.75) is 27.2 Å². The summed E-state index contributed by atoms with van der Waals surface area (Å²) >= 11 is 0. The predicted molar refractivity (Wildman–Crippen MR) is 75.2 cm³/mol. The number of likely N-dealkylation sites (N-methyl/N-ethyl adjacent to an activating group) is 1. The van der Waals surface area contributed by atoms with E-state index in [0.717, 1.165) is 26.1 Å². The van der Waals surface area contributed by atoms with E-state index in [1.165, 1.54) is 4.90 Å². The Morgan fingerprint density at radius 3 is 2.37 bits per heavy atom. The second kappa shape index (κ2) is 9.61. The van der Waals surface area contributed by atoms with Crippen LogP contribution in [0.4, 0.5) is 4.79 Å². The molecule has 0 bridgehead atoms. The van der Waals surface area contributed by atoms with Crippen LogP contribution in [0.15, 0.2) is 0 Å². The number of carbonyl (C=O) groups is 2. The molecule has 2 amide bonds. The maximum Gasteiger partial charge on any atom is 0.317 e. The van der Waals surface area contributed by atoms with Crippen molar-refractivity contribution in [3.63, 3.8) is 0 Å². The van der Waals surface area contributed by atoms with Gasteiger partial charge in [-0.25, -0.2) is 4.79 Å². The number of aliphatic carboxylic acids is 1. The Balaban J connectivity index is 3.93. The molecule has 0 fully saturated rings. The van der Waals surface area contributed by atoms with Gasteiger partial charge in [0.05, 0.1) is 5.92 Å². The number of nitrogens with one attached hydrogen (secondary N) is 1. The Morgan fingerprint density at radius 2 is 1.89 bits per heavy atom. The summed E-state index contributed by atoms with van der Waals surface area (Å²) in [5.74, 6) is -1.44. The van der Waals surface area contributed by atoms with E-state index in [9.17, 15) is 9.59 Å². The quantitative estimate of drug-likeness (QED) is 0.659. The van der Waals surface area contributed by atoms with Crippen molar-refractivity contribution in [1.82, 2.24) is 15.1 Å². The number of nitrogens with zero attached hydrogens (tertiary/aromatic N) is 2. The lowest BCUT2D eigenvalue weighted by Gasteiger charge is -2.22. The van der Waals surface area contributed by atoms with E-state index in [1.807, 2.05) is 0 Å². The zero-order valence-corrected chi connectivity index (χ0v) is 12.5. The van der Waals surface area contributed by atoms with Crippen LogP contribution in [0.5, 0.6) is 0 Å². The van der Waals surface area contributed by atoms with Gasteiger partial charge in [0.2, 0.25) is 0 Å². The Morgan fingerprint density at radius 1 is 1.26 bits per heavy atom. The van der Waals surface area contributed by atoms with Gasteiger partial charge in [0.15, 0.2) is 0 Å². The zero-order chi connectivity index (χ0) is 14.8. The molecule has 19 heavy (non-hydrogen) atoms. The number of hydrogen-bond acceptors (Lipinski definition) is 3. The van der Waals surface area contributed by atoms with Gasteiger partial charge in [-0.05, 0) is 19.5 Å². The fourth-order valence-electron chi connectivity index (χ4n) is 1.77. The molecule has 0 aliphatic rings. The van der Waals surface area contributed by atoms with Crippen LogP contribution < -0.4 is 5.32 Å². The average Bonchev–Trinajstić information content (AvgIpc) is 2.37. The Bertz CT molecular complexity index is 284. The first kappa shape index (κ1) is 17.7. The lowest BCUT2D eigenvalue weighted by atomic mass is 10.2. The molecule has 0 aromatic rings. The van der Waals surface area contributed by atoms with Crippen LogP contribution in [0.2, 0.25) is 0 Å². The van der Waals surface area contributed by atoms with Crippen molar-refractivity contribution >= 4 is 12.0 Å². The van der Waals surface area contributed by atoms with E-state index in [4.69, 9.17) is 5.11 Å². The first-order chi connectivity index (χ1) is 8.92. The number of carbonyl (C=O) groups excluding carboxylic acids is 1. The molecule has 0 heterocycles. The highest BCUT2D eigenvalue weighted by Crippen LogP contribution is 1.98. The van der Waals surface area contributed by atoms with E-state index in [0.29, 0.717) is 6.54 Å². The first-order valence-corrected chi connectivity index (χ1v) is 6.86. The van der Waals surface area contributed by atoms with E-state index in [1.54, 1.807) is 14.0 Å². The minimum Gasteiger partial charge on any atom is -0.481 e. The standard InChI is InChI=1S/C13H27N3O3/c1-5-8-16(6-2)9-7-14-13(19)15(4)10-11(3)12(17)18/h11H,5-10H2,1-4H3,(H,14,19)(H,17,18). The number of hydrogen-bond donors (Lipinski definition) is 2. The van der Waals surface area contributed by atoms with E-state index >= 15 is 0 Å². The topological polar surface area (TPSA) is 72.9 Å². The van der Waals surface area contributed by atoms with Crippen LogP contribution in [0.1, 0.15) is 27.2 Å². The van der Waals surface area contributed by atoms with E-state index < -0.39 is 11.9 Å². The van der Waals surface area contributed by atoms with E-state index in [-0.39, 0.29) is 12.6 Å². The molecule has 0 radical (unpaired) electrons. The molecule has 0 aliphatic heterocycles. The van der Waals surface area contributed by atoms with Gasteiger partial charge in [-0.2, -0.15) is 0 Å². The van der Waals surface area contributed by atoms with E-state index in [2.05, 4.69) is 24.1 Å². The SMILES string of the molecule is CCCN(CC)CCNC(=O)N(C)CC(C)C(=O)O. The van der Waals surface area contributed by atoms with Crippen molar-refractivity contribution in [2.24, 2.45) is 5.92 Å². The molecule has 2 N–H and O–H groups in total. The molecule has 0 saturated carbocycles. The molecule has 0 rings (SSSR count). The maximum absolute atomic E-state index is 11.7. The molecule has 0 aromatic carbocycles. The number of carboxylic acid groups (broad SMARTS) is 1. The summed E-state index contributed by atoms with van der Waals surface area (Å²) in [5, 5.41) is 11.6. The number of carboxylic acids is 1. The molecule has 112 valence electrons. The Hall–Kier alpha value is -1.30. The zero-order valence-electron chi connectivity index (χ0n) is 12.5. The summed E-state index contributed by atoms with van der Waals surface area (Å²) in [5.41, 5.74) is 0. The first-order valence-electron chi connectivity index (χ1n) is 6.86. The van der Waals surface area contributed by atoms with Crippen LogP contribution in [-0.4, -0.2) is 66.7 Å². The largest absolute Gasteiger partial charge is 0.481 e. The number of urea groups is 1. The Kier molecular flexibility index (Phi) is 8.95. The van der Waals surface area contributed by atoms with Crippen molar-refractivity contribution in [3.05, 3.63) is 0 Å². The van der Waals surface area contributed by atoms with Gasteiger partial charge in [0.25, 0.3) is 0 Å². The van der Waals surface area contributed by atoms with Gasteiger partial charge in [-0.3, -0.25) is 4.79 Å². The van der Waals surface area contributed by atoms with Crippen LogP contribution >= 0.6 is 0 Å². The smallest absolute Gasteiger partial charge is 0.317 e. The van der Waals surface area contributed by atoms with Crippen molar-refractivity contribution in [2.75, 3.05) is 39.8 Å². The van der Waals surface area contributed by atoms with Crippen LogP contribution in [-0.2, 0) is 4.79 Å². The third-order valence-corrected chi connectivity index (χ3v) is 3.01. The second-order valence-corrected chi connectivity index (χ2v) is 4.79. The predicted octanol–water partition coefficient (Wildman–Crippen LogP) is 1.08. The number of amides is 2.